The molecule has 3 saturated carbocycles. The molecule has 3 N–H and O–H groups in total. The number of aliphatic hydroxyl groups excluding tert-OH is 2. The standard InChI is InChI=1S/C32H52O4/c1-6-16-32(35,17-7-2)22-36-19-9-10-23(3)28-14-15-29-25(11-8-18-31(28,29)5)12-13-26-20-27(33)21-30(34)24(26)4/h9-10,12-13,23,27-30,33-35H,4,6-8,11,14-22H2,1-3,5H3/t23-,27-,28-,29+,30+,31-/m1/s1. The van der Waals surface area contributed by atoms with E-state index in [4.69, 9.17) is 4.74 Å². The Bertz CT molecular complexity index is 818. The number of aliphatic hydroxyl groups is 3. The molecule has 0 aromatic rings. The van der Waals surface area contributed by atoms with Crippen molar-refractivity contribution < 1.29 is 20.1 Å². The van der Waals surface area contributed by atoms with E-state index in [1.165, 1.54) is 31.3 Å². The van der Waals surface area contributed by atoms with E-state index in [1.807, 2.05) is 0 Å². The highest BCUT2D eigenvalue weighted by molar-refractivity contribution is 5.38. The summed E-state index contributed by atoms with van der Waals surface area (Å²) in [6.07, 6.45) is 18.4. The van der Waals surface area contributed by atoms with Crippen LogP contribution >= 0.6 is 0 Å². The van der Waals surface area contributed by atoms with Crippen molar-refractivity contribution in [1.29, 1.82) is 0 Å². The summed E-state index contributed by atoms with van der Waals surface area (Å²) in [6.45, 7) is 14.1. The molecule has 6 atom stereocenters. The highest BCUT2D eigenvalue weighted by atomic mass is 16.5. The van der Waals surface area contributed by atoms with E-state index in [9.17, 15) is 15.3 Å². The molecular weight excluding hydrogens is 448 g/mol. The maximum atomic E-state index is 10.8. The summed E-state index contributed by atoms with van der Waals surface area (Å²) in [5, 5.41) is 31.0. The van der Waals surface area contributed by atoms with Crippen molar-refractivity contribution in [3.05, 3.63) is 47.6 Å². The molecule has 0 unspecified atom stereocenters. The molecule has 0 amide bonds. The number of allylic oxidation sites excluding steroid dienone is 4. The first-order chi connectivity index (χ1) is 17.1. The fraction of sp³-hybridized carbons (Fsp3) is 0.750. The highest BCUT2D eigenvalue weighted by Crippen LogP contribution is 2.59. The van der Waals surface area contributed by atoms with Gasteiger partial charge in [-0.25, -0.2) is 0 Å². The van der Waals surface area contributed by atoms with Gasteiger partial charge in [0.25, 0.3) is 0 Å². The molecule has 204 valence electrons. The van der Waals surface area contributed by atoms with Gasteiger partial charge in [0.2, 0.25) is 0 Å². The molecule has 0 heterocycles. The van der Waals surface area contributed by atoms with Crippen LogP contribution in [0.1, 0.15) is 98.3 Å². The average Bonchev–Trinajstić information content (AvgIpc) is 3.18. The zero-order valence-corrected chi connectivity index (χ0v) is 23.3. The SMILES string of the molecule is C=C1C(=CC=C2CCC[C@]3(C)[C@@H]([C@H](C)C=CCOCC(O)(CCC)CCC)CC[C@@H]23)C[C@@H](O)C[C@@H]1O. The lowest BCUT2D eigenvalue weighted by Gasteiger charge is -2.44. The van der Waals surface area contributed by atoms with Crippen molar-refractivity contribution in [3.8, 4) is 0 Å². The predicted octanol–water partition coefficient (Wildman–Crippen LogP) is 6.67. The van der Waals surface area contributed by atoms with Gasteiger partial charge in [-0.05, 0) is 85.7 Å². The average molecular weight is 501 g/mol. The Morgan fingerprint density at radius 3 is 2.58 bits per heavy atom. The van der Waals surface area contributed by atoms with Gasteiger partial charge in [-0.1, -0.05) is 77.0 Å². The minimum atomic E-state index is -0.685. The fourth-order valence-corrected chi connectivity index (χ4v) is 7.53. The lowest BCUT2D eigenvalue weighted by Crippen LogP contribution is -2.35. The Balaban J connectivity index is 1.60. The predicted molar refractivity (Wildman–Crippen MR) is 149 cm³/mol. The topological polar surface area (TPSA) is 69.9 Å². The zero-order chi connectivity index (χ0) is 26.3. The lowest BCUT2D eigenvalue weighted by molar-refractivity contribution is -0.0518. The first-order valence-electron chi connectivity index (χ1n) is 14.5. The minimum Gasteiger partial charge on any atom is -0.393 e. The normalized spacial score (nSPS) is 34.6. The van der Waals surface area contributed by atoms with Crippen LogP contribution in [0.3, 0.4) is 0 Å². The minimum absolute atomic E-state index is 0.304. The van der Waals surface area contributed by atoms with Crippen LogP contribution in [0.4, 0.5) is 0 Å². The van der Waals surface area contributed by atoms with Crippen molar-refractivity contribution in [2.24, 2.45) is 23.2 Å². The summed E-state index contributed by atoms with van der Waals surface area (Å²) in [6, 6.07) is 0. The van der Waals surface area contributed by atoms with Crippen LogP contribution in [0, 0.1) is 23.2 Å². The third-order valence-corrected chi connectivity index (χ3v) is 9.39. The highest BCUT2D eigenvalue weighted by Gasteiger charge is 2.50. The smallest absolute Gasteiger partial charge is 0.0880 e. The summed E-state index contributed by atoms with van der Waals surface area (Å²) < 4.78 is 5.88. The molecule has 0 aromatic carbocycles. The molecule has 0 saturated heterocycles. The molecule has 4 nitrogen and oxygen atoms in total. The molecule has 0 aliphatic heterocycles. The summed E-state index contributed by atoms with van der Waals surface area (Å²) in [5.74, 6) is 1.75. The van der Waals surface area contributed by atoms with E-state index < -0.39 is 17.8 Å². The van der Waals surface area contributed by atoms with Gasteiger partial charge in [-0.2, -0.15) is 0 Å². The summed E-state index contributed by atoms with van der Waals surface area (Å²) >= 11 is 0. The number of fused-ring (bicyclic) bond motifs is 1. The van der Waals surface area contributed by atoms with Crippen molar-refractivity contribution in [3.63, 3.8) is 0 Å². The van der Waals surface area contributed by atoms with Gasteiger partial charge in [0.1, 0.15) is 0 Å². The molecule has 3 aliphatic carbocycles. The Hall–Kier alpha value is -1.20. The van der Waals surface area contributed by atoms with Gasteiger partial charge < -0.3 is 20.1 Å². The Morgan fingerprint density at radius 1 is 1.17 bits per heavy atom. The van der Waals surface area contributed by atoms with Crippen LogP contribution in [0.25, 0.3) is 0 Å². The van der Waals surface area contributed by atoms with Gasteiger partial charge in [-0.3, -0.25) is 0 Å². The van der Waals surface area contributed by atoms with E-state index in [2.05, 4.69) is 58.6 Å². The molecular formula is C32H52O4. The lowest BCUT2D eigenvalue weighted by atomic mass is 9.61. The van der Waals surface area contributed by atoms with Crippen molar-refractivity contribution in [1.82, 2.24) is 0 Å². The van der Waals surface area contributed by atoms with E-state index in [-0.39, 0.29) is 0 Å². The van der Waals surface area contributed by atoms with Crippen LogP contribution in [-0.2, 0) is 4.74 Å². The van der Waals surface area contributed by atoms with Crippen LogP contribution in [-0.4, -0.2) is 46.3 Å². The molecule has 0 bridgehead atoms. The van der Waals surface area contributed by atoms with Crippen molar-refractivity contribution in [2.75, 3.05) is 13.2 Å². The van der Waals surface area contributed by atoms with Crippen molar-refractivity contribution >= 4 is 0 Å². The van der Waals surface area contributed by atoms with Crippen molar-refractivity contribution in [2.45, 2.75) is 116 Å². The van der Waals surface area contributed by atoms with Gasteiger partial charge in [-0.15, -0.1) is 0 Å². The summed E-state index contributed by atoms with van der Waals surface area (Å²) in [4.78, 5) is 0. The second kappa shape index (κ2) is 13.0. The monoisotopic (exact) mass is 500 g/mol. The Labute approximate surface area is 220 Å². The maximum Gasteiger partial charge on any atom is 0.0880 e. The first-order valence-corrected chi connectivity index (χ1v) is 14.5. The van der Waals surface area contributed by atoms with Gasteiger partial charge >= 0.3 is 0 Å². The molecule has 36 heavy (non-hydrogen) atoms. The van der Waals surface area contributed by atoms with E-state index in [0.717, 1.165) is 43.3 Å². The molecule has 0 aromatic heterocycles. The zero-order valence-electron chi connectivity index (χ0n) is 23.3. The molecule has 4 heteroatoms. The van der Waals surface area contributed by atoms with Gasteiger partial charge in [0.05, 0.1) is 31.0 Å². The summed E-state index contributed by atoms with van der Waals surface area (Å²) in [7, 11) is 0. The van der Waals surface area contributed by atoms with E-state index in [0.29, 0.717) is 49.2 Å². The van der Waals surface area contributed by atoms with E-state index >= 15 is 0 Å². The van der Waals surface area contributed by atoms with Crippen LogP contribution in [0.2, 0.25) is 0 Å². The number of hydrogen-bond donors (Lipinski definition) is 3. The van der Waals surface area contributed by atoms with Crippen LogP contribution < -0.4 is 0 Å². The largest absolute Gasteiger partial charge is 0.393 e. The molecule has 0 radical (unpaired) electrons. The number of ether oxygens (including phenoxy) is 1. The molecule has 0 spiro atoms. The third kappa shape index (κ3) is 7.01. The first kappa shape index (κ1) is 29.4. The second-order valence-corrected chi connectivity index (χ2v) is 12.2. The number of rotatable bonds is 11. The second-order valence-electron chi connectivity index (χ2n) is 12.2. The van der Waals surface area contributed by atoms with Gasteiger partial charge in [0.15, 0.2) is 0 Å². The number of hydrogen-bond acceptors (Lipinski definition) is 4. The Morgan fingerprint density at radius 2 is 1.89 bits per heavy atom. The quantitative estimate of drug-likeness (QED) is 0.219. The van der Waals surface area contributed by atoms with E-state index in [1.54, 1.807) is 0 Å². The van der Waals surface area contributed by atoms with Gasteiger partial charge in [0, 0.05) is 6.42 Å². The molecule has 3 rings (SSSR count). The fourth-order valence-electron chi connectivity index (χ4n) is 7.53. The van der Waals surface area contributed by atoms with Crippen LogP contribution in [0.15, 0.2) is 47.6 Å². The molecule has 3 aliphatic rings. The van der Waals surface area contributed by atoms with Crippen LogP contribution in [0.5, 0.6) is 0 Å². The third-order valence-electron chi connectivity index (χ3n) is 9.39. The summed E-state index contributed by atoms with van der Waals surface area (Å²) in [5.41, 5.74) is 2.92. The molecule has 3 fully saturated rings. The maximum absolute atomic E-state index is 10.8. The Kier molecular flexibility index (Phi) is 10.6.